The summed E-state index contributed by atoms with van der Waals surface area (Å²) in [7, 11) is 0. The highest BCUT2D eigenvalue weighted by Crippen LogP contribution is 2.06. The molecular weight excluding hydrogens is 164 g/mol. The topological polar surface area (TPSA) is 30.2 Å². The third kappa shape index (κ3) is 3.45. The maximum atomic E-state index is 11.0. The van der Waals surface area contributed by atoms with Crippen LogP contribution in [0, 0.1) is 6.92 Å². The fourth-order valence-electron chi connectivity index (χ4n) is 1.34. The Morgan fingerprint density at radius 3 is 2.69 bits per heavy atom. The molecule has 0 aromatic carbocycles. The van der Waals surface area contributed by atoms with Crippen molar-refractivity contribution in [2.24, 2.45) is 0 Å². The number of hydrogen-bond donors (Lipinski definition) is 0. The summed E-state index contributed by atoms with van der Waals surface area (Å²) in [5.41, 5.74) is 0.759. The van der Waals surface area contributed by atoms with Crippen LogP contribution in [0.1, 0.15) is 37.5 Å². The van der Waals surface area contributed by atoms with E-state index in [0.29, 0.717) is 0 Å². The molecule has 0 unspecified atom stereocenters. The molecule has 1 aromatic rings. The lowest BCUT2D eigenvalue weighted by atomic mass is 10.1. The molecule has 72 valence electrons. The summed E-state index contributed by atoms with van der Waals surface area (Å²) in [6, 6.07) is 3.46. The van der Waals surface area contributed by atoms with Crippen LogP contribution < -0.4 is 5.63 Å². The molecule has 0 radical (unpaired) electrons. The van der Waals surface area contributed by atoms with Gasteiger partial charge in [0.05, 0.1) is 0 Å². The van der Waals surface area contributed by atoms with Gasteiger partial charge in [-0.25, -0.2) is 4.79 Å². The summed E-state index contributed by atoms with van der Waals surface area (Å²) in [5.74, 6) is 0.818. The smallest absolute Gasteiger partial charge is 0.336 e. The summed E-state index contributed by atoms with van der Waals surface area (Å²) in [5, 5.41) is 0. The van der Waals surface area contributed by atoms with E-state index in [-0.39, 0.29) is 5.63 Å². The maximum Gasteiger partial charge on any atom is 0.336 e. The fourth-order valence-corrected chi connectivity index (χ4v) is 1.34. The Hall–Kier alpha value is -1.05. The molecular formula is C11H16O2. The molecule has 0 aliphatic rings. The van der Waals surface area contributed by atoms with Crippen LogP contribution in [-0.2, 0) is 6.42 Å². The first-order valence-corrected chi connectivity index (χ1v) is 4.83. The predicted molar refractivity (Wildman–Crippen MR) is 52.9 cm³/mol. The average molecular weight is 180 g/mol. The molecule has 0 fully saturated rings. The third-order valence-corrected chi connectivity index (χ3v) is 1.99. The summed E-state index contributed by atoms with van der Waals surface area (Å²) in [6.45, 7) is 4.08. The molecule has 1 heterocycles. The van der Waals surface area contributed by atoms with E-state index in [1.165, 1.54) is 18.9 Å². The van der Waals surface area contributed by atoms with Gasteiger partial charge in [0, 0.05) is 12.5 Å². The molecule has 1 rings (SSSR count). The van der Waals surface area contributed by atoms with Crippen LogP contribution in [0.2, 0.25) is 0 Å². The monoisotopic (exact) mass is 180 g/mol. The third-order valence-electron chi connectivity index (χ3n) is 1.99. The minimum Gasteiger partial charge on any atom is -0.428 e. The molecule has 0 bridgehead atoms. The van der Waals surface area contributed by atoms with E-state index in [0.717, 1.165) is 24.2 Å². The van der Waals surface area contributed by atoms with Crippen LogP contribution in [-0.4, -0.2) is 0 Å². The summed E-state index contributed by atoms with van der Waals surface area (Å²) < 4.78 is 5.05. The second-order valence-corrected chi connectivity index (χ2v) is 3.38. The largest absolute Gasteiger partial charge is 0.428 e. The molecule has 0 amide bonds. The minimum atomic E-state index is -0.230. The van der Waals surface area contributed by atoms with E-state index in [2.05, 4.69) is 6.92 Å². The van der Waals surface area contributed by atoms with Crippen molar-refractivity contribution < 1.29 is 4.42 Å². The Balaban J connectivity index is 2.61. The van der Waals surface area contributed by atoms with Crippen molar-refractivity contribution >= 4 is 0 Å². The second kappa shape index (κ2) is 4.85. The SMILES string of the molecule is CCCCCc1cc(C)cc(=O)o1. The molecule has 1 aromatic heterocycles. The van der Waals surface area contributed by atoms with Gasteiger partial charge in [-0.1, -0.05) is 19.8 Å². The fraction of sp³-hybridized carbons (Fsp3) is 0.545. The Kier molecular flexibility index (Phi) is 3.74. The van der Waals surface area contributed by atoms with Crippen molar-refractivity contribution in [2.45, 2.75) is 39.5 Å². The lowest BCUT2D eigenvalue weighted by Crippen LogP contribution is -2.00. The predicted octanol–water partition coefficient (Wildman–Crippen LogP) is 2.68. The quantitative estimate of drug-likeness (QED) is 0.667. The van der Waals surface area contributed by atoms with Crippen LogP contribution in [0.15, 0.2) is 21.3 Å². The highest BCUT2D eigenvalue weighted by Gasteiger charge is 1.98. The highest BCUT2D eigenvalue weighted by molar-refractivity contribution is 5.11. The van der Waals surface area contributed by atoms with Crippen LogP contribution >= 0.6 is 0 Å². The van der Waals surface area contributed by atoms with Crippen LogP contribution in [0.25, 0.3) is 0 Å². The van der Waals surface area contributed by atoms with E-state index >= 15 is 0 Å². The van der Waals surface area contributed by atoms with Gasteiger partial charge in [0.2, 0.25) is 0 Å². The van der Waals surface area contributed by atoms with Crippen molar-refractivity contribution in [1.29, 1.82) is 0 Å². The normalized spacial score (nSPS) is 10.3. The second-order valence-electron chi connectivity index (χ2n) is 3.38. The minimum absolute atomic E-state index is 0.230. The van der Waals surface area contributed by atoms with Crippen molar-refractivity contribution in [3.8, 4) is 0 Å². The van der Waals surface area contributed by atoms with Crippen molar-refractivity contribution in [3.63, 3.8) is 0 Å². The lowest BCUT2D eigenvalue weighted by molar-refractivity contribution is 0.449. The summed E-state index contributed by atoms with van der Waals surface area (Å²) >= 11 is 0. The zero-order valence-corrected chi connectivity index (χ0v) is 8.30. The first-order valence-electron chi connectivity index (χ1n) is 4.83. The van der Waals surface area contributed by atoms with Gasteiger partial charge in [0.1, 0.15) is 5.76 Å². The van der Waals surface area contributed by atoms with Gasteiger partial charge < -0.3 is 4.42 Å². The Morgan fingerprint density at radius 1 is 1.31 bits per heavy atom. The van der Waals surface area contributed by atoms with Crippen LogP contribution in [0.3, 0.4) is 0 Å². The Bertz CT molecular complexity index is 312. The molecule has 2 heteroatoms. The van der Waals surface area contributed by atoms with Crippen molar-refractivity contribution in [2.75, 3.05) is 0 Å². The van der Waals surface area contributed by atoms with Gasteiger partial charge >= 0.3 is 5.63 Å². The summed E-state index contributed by atoms with van der Waals surface area (Å²) in [6.07, 6.45) is 4.36. The molecule has 2 nitrogen and oxygen atoms in total. The first kappa shape index (κ1) is 10.0. The van der Waals surface area contributed by atoms with Gasteiger partial charge in [0.25, 0.3) is 0 Å². The van der Waals surface area contributed by atoms with Crippen LogP contribution in [0.5, 0.6) is 0 Å². The van der Waals surface area contributed by atoms with E-state index in [1.807, 2.05) is 13.0 Å². The standard InChI is InChI=1S/C11H16O2/c1-3-4-5-6-10-7-9(2)8-11(12)13-10/h7-8H,3-6H2,1-2H3. The zero-order chi connectivity index (χ0) is 9.68. The van der Waals surface area contributed by atoms with Gasteiger partial charge in [-0.05, 0) is 25.0 Å². The van der Waals surface area contributed by atoms with Gasteiger partial charge in [-0.2, -0.15) is 0 Å². The van der Waals surface area contributed by atoms with Gasteiger partial charge in [0.15, 0.2) is 0 Å². The first-order chi connectivity index (χ1) is 6.22. The van der Waals surface area contributed by atoms with Crippen molar-refractivity contribution in [3.05, 3.63) is 33.9 Å². The molecule has 13 heavy (non-hydrogen) atoms. The number of unbranched alkanes of at least 4 members (excludes halogenated alkanes) is 2. The Labute approximate surface area is 78.6 Å². The molecule has 0 spiro atoms. The van der Waals surface area contributed by atoms with Crippen LogP contribution in [0.4, 0.5) is 0 Å². The maximum absolute atomic E-state index is 11.0. The highest BCUT2D eigenvalue weighted by atomic mass is 16.4. The van der Waals surface area contributed by atoms with Crippen molar-refractivity contribution in [1.82, 2.24) is 0 Å². The molecule has 0 N–H and O–H groups in total. The average Bonchev–Trinajstić information content (AvgIpc) is 2.03. The zero-order valence-electron chi connectivity index (χ0n) is 8.30. The molecule has 0 aliphatic carbocycles. The van der Waals surface area contributed by atoms with E-state index in [1.54, 1.807) is 0 Å². The van der Waals surface area contributed by atoms with E-state index in [9.17, 15) is 4.79 Å². The van der Waals surface area contributed by atoms with Gasteiger partial charge in [-0.15, -0.1) is 0 Å². The number of rotatable bonds is 4. The van der Waals surface area contributed by atoms with Gasteiger partial charge in [-0.3, -0.25) is 0 Å². The number of hydrogen-bond acceptors (Lipinski definition) is 2. The lowest BCUT2D eigenvalue weighted by Gasteiger charge is -1.99. The summed E-state index contributed by atoms with van der Waals surface area (Å²) in [4.78, 5) is 11.0. The molecule has 0 saturated carbocycles. The molecule has 0 aliphatic heterocycles. The molecule has 0 atom stereocenters. The Morgan fingerprint density at radius 2 is 2.08 bits per heavy atom. The number of aryl methyl sites for hydroxylation is 2. The van der Waals surface area contributed by atoms with E-state index in [4.69, 9.17) is 4.42 Å². The molecule has 0 saturated heterocycles. The van der Waals surface area contributed by atoms with E-state index < -0.39 is 0 Å².